The summed E-state index contributed by atoms with van der Waals surface area (Å²) in [7, 11) is 1.61. The molecule has 5 nitrogen and oxygen atoms in total. The Hall–Kier alpha value is -2.69. The highest BCUT2D eigenvalue weighted by Gasteiger charge is 2.06. The van der Waals surface area contributed by atoms with Gasteiger partial charge >= 0.3 is 0 Å². The van der Waals surface area contributed by atoms with Crippen LogP contribution in [0.4, 0.5) is 11.4 Å². The number of carbonyl (C=O) groups excluding carboxylic acids is 1. The molecular formula is C18H22N2O3. The Morgan fingerprint density at radius 1 is 1.17 bits per heavy atom. The molecule has 0 aromatic heterocycles. The molecule has 0 aliphatic carbocycles. The number of aryl methyl sites for hydroxylation is 1. The van der Waals surface area contributed by atoms with Crippen LogP contribution in [0, 0.1) is 0 Å². The van der Waals surface area contributed by atoms with Gasteiger partial charge in [-0.2, -0.15) is 0 Å². The zero-order chi connectivity index (χ0) is 16.7. The average molecular weight is 314 g/mol. The molecule has 3 N–H and O–H groups in total. The Kier molecular flexibility index (Phi) is 5.86. The molecule has 0 unspecified atom stereocenters. The van der Waals surface area contributed by atoms with Crippen LogP contribution in [0.3, 0.4) is 0 Å². The zero-order valence-electron chi connectivity index (χ0n) is 13.5. The number of anilines is 2. The van der Waals surface area contributed by atoms with Crippen molar-refractivity contribution in [2.45, 2.75) is 19.8 Å². The normalized spacial score (nSPS) is 10.2. The van der Waals surface area contributed by atoms with Gasteiger partial charge in [0.2, 0.25) is 5.91 Å². The fourth-order valence-corrected chi connectivity index (χ4v) is 2.20. The summed E-state index contributed by atoms with van der Waals surface area (Å²) in [6, 6.07) is 12.9. The van der Waals surface area contributed by atoms with Crippen LogP contribution < -0.4 is 20.5 Å². The first-order chi connectivity index (χ1) is 11.1. The molecule has 0 saturated heterocycles. The number of rotatable bonds is 7. The third kappa shape index (κ3) is 4.92. The van der Waals surface area contributed by atoms with Gasteiger partial charge in [0, 0.05) is 12.1 Å². The Balaban J connectivity index is 1.87. The van der Waals surface area contributed by atoms with E-state index >= 15 is 0 Å². The molecule has 2 aromatic rings. The van der Waals surface area contributed by atoms with Gasteiger partial charge in [0.15, 0.2) is 0 Å². The summed E-state index contributed by atoms with van der Waals surface area (Å²) >= 11 is 0. The lowest BCUT2D eigenvalue weighted by atomic mass is 10.1. The molecule has 0 atom stereocenters. The minimum atomic E-state index is -0.0392. The predicted octanol–water partition coefficient (Wildman–Crippen LogP) is 3.25. The van der Waals surface area contributed by atoms with Crippen molar-refractivity contribution in [3.8, 4) is 11.5 Å². The van der Waals surface area contributed by atoms with Crippen molar-refractivity contribution < 1.29 is 14.3 Å². The summed E-state index contributed by atoms with van der Waals surface area (Å²) in [6.45, 7) is 2.49. The van der Waals surface area contributed by atoms with E-state index in [2.05, 4.69) is 5.32 Å². The van der Waals surface area contributed by atoms with E-state index in [4.69, 9.17) is 15.2 Å². The molecule has 0 radical (unpaired) electrons. The van der Waals surface area contributed by atoms with Crippen LogP contribution in [-0.2, 0) is 11.2 Å². The van der Waals surface area contributed by atoms with Crippen molar-refractivity contribution in [2.24, 2.45) is 0 Å². The lowest BCUT2D eigenvalue weighted by Crippen LogP contribution is -2.12. The third-order valence-electron chi connectivity index (χ3n) is 3.39. The first kappa shape index (κ1) is 16.7. The van der Waals surface area contributed by atoms with Crippen LogP contribution in [0.1, 0.15) is 18.9 Å². The van der Waals surface area contributed by atoms with Gasteiger partial charge in [0.25, 0.3) is 0 Å². The lowest BCUT2D eigenvalue weighted by molar-refractivity contribution is -0.116. The van der Waals surface area contributed by atoms with Crippen molar-refractivity contribution in [2.75, 3.05) is 24.8 Å². The second-order valence-corrected chi connectivity index (χ2v) is 5.08. The molecule has 0 bridgehead atoms. The van der Waals surface area contributed by atoms with E-state index in [9.17, 15) is 4.79 Å². The Morgan fingerprint density at radius 2 is 1.91 bits per heavy atom. The van der Waals surface area contributed by atoms with Crippen LogP contribution in [0.2, 0.25) is 0 Å². The summed E-state index contributed by atoms with van der Waals surface area (Å²) in [5.74, 6) is 1.40. The molecular weight excluding hydrogens is 292 g/mol. The van der Waals surface area contributed by atoms with E-state index in [1.807, 2.05) is 49.4 Å². The van der Waals surface area contributed by atoms with E-state index in [1.165, 1.54) is 0 Å². The second kappa shape index (κ2) is 8.08. The fourth-order valence-electron chi connectivity index (χ4n) is 2.20. The van der Waals surface area contributed by atoms with Gasteiger partial charge in [-0.25, -0.2) is 0 Å². The van der Waals surface area contributed by atoms with Crippen molar-refractivity contribution >= 4 is 17.3 Å². The topological polar surface area (TPSA) is 73.6 Å². The number of methoxy groups -OCH3 is 1. The van der Waals surface area contributed by atoms with Gasteiger partial charge in [-0.1, -0.05) is 6.07 Å². The van der Waals surface area contributed by atoms with E-state index in [1.54, 1.807) is 7.11 Å². The lowest BCUT2D eigenvalue weighted by Gasteiger charge is -2.09. The Labute approximate surface area is 136 Å². The van der Waals surface area contributed by atoms with Crippen molar-refractivity contribution in [3.63, 3.8) is 0 Å². The first-order valence-electron chi connectivity index (χ1n) is 7.57. The number of benzene rings is 2. The molecule has 0 heterocycles. The highest BCUT2D eigenvalue weighted by Crippen LogP contribution is 2.23. The number of carbonyl (C=O) groups is 1. The zero-order valence-corrected chi connectivity index (χ0v) is 13.5. The largest absolute Gasteiger partial charge is 0.497 e. The van der Waals surface area contributed by atoms with Gasteiger partial charge in [-0.3, -0.25) is 4.79 Å². The predicted molar refractivity (Wildman–Crippen MR) is 92.0 cm³/mol. The highest BCUT2D eigenvalue weighted by molar-refractivity contribution is 5.90. The molecule has 0 spiro atoms. The van der Waals surface area contributed by atoms with Crippen LogP contribution in [-0.4, -0.2) is 19.6 Å². The number of ether oxygens (including phenoxy) is 2. The van der Waals surface area contributed by atoms with Crippen LogP contribution >= 0.6 is 0 Å². The molecule has 0 saturated carbocycles. The number of nitrogens with one attached hydrogen (secondary N) is 1. The minimum Gasteiger partial charge on any atom is -0.497 e. The second-order valence-electron chi connectivity index (χ2n) is 5.08. The van der Waals surface area contributed by atoms with Crippen LogP contribution in [0.5, 0.6) is 11.5 Å². The summed E-state index contributed by atoms with van der Waals surface area (Å²) in [4.78, 5) is 12.0. The number of hydrogen-bond donors (Lipinski definition) is 2. The van der Waals surface area contributed by atoms with Crippen molar-refractivity contribution in [1.82, 2.24) is 0 Å². The standard InChI is InChI=1S/C18H22N2O3/c1-3-23-17-10-4-13(12-16(17)19)5-11-18(21)20-14-6-8-15(22-2)9-7-14/h4,6-10,12H,3,5,11,19H2,1-2H3,(H,20,21). The third-order valence-corrected chi connectivity index (χ3v) is 3.39. The number of nitrogen functional groups attached to an aromatic ring is 1. The van der Waals surface area contributed by atoms with E-state index < -0.39 is 0 Å². The molecule has 2 aromatic carbocycles. The molecule has 2 rings (SSSR count). The maximum atomic E-state index is 12.0. The molecule has 23 heavy (non-hydrogen) atoms. The van der Waals surface area contributed by atoms with Gasteiger partial charge in [-0.15, -0.1) is 0 Å². The molecule has 122 valence electrons. The molecule has 1 amide bonds. The highest BCUT2D eigenvalue weighted by atomic mass is 16.5. The van der Waals surface area contributed by atoms with E-state index in [-0.39, 0.29) is 5.91 Å². The molecule has 0 aliphatic rings. The minimum absolute atomic E-state index is 0.0392. The Morgan fingerprint density at radius 3 is 2.52 bits per heavy atom. The molecule has 0 aliphatic heterocycles. The number of hydrogen-bond acceptors (Lipinski definition) is 4. The van der Waals surface area contributed by atoms with Gasteiger partial charge < -0.3 is 20.5 Å². The smallest absolute Gasteiger partial charge is 0.224 e. The summed E-state index contributed by atoms with van der Waals surface area (Å²) in [5, 5.41) is 2.86. The Bertz CT molecular complexity index is 654. The average Bonchev–Trinajstić information content (AvgIpc) is 2.56. The van der Waals surface area contributed by atoms with Crippen LogP contribution in [0.25, 0.3) is 0 Å². The quantitative estimate of drug-likeness (QED) is 0.769. The number of amides is 1. The van der Waals surface area contributed by atoms with E-state index in [0.717, 1.165) is 17.0 Å². The van der Waals surface area contributed by atoms with Crippen LogP contribution in [0.15, 0.2) is 42.5 Å². The maximum absolute atomic E-state index is 12.0. The van der Waals surface area contributed by atoms with Gasteiger partial charge in [0.1, 0.15) is 11.5 Å². The summed E-state index contributed by atoms with van der Waals surface area (Å²) in [5.41, 5.74) is 8.29. The first-order valence-corrected chi connectivity index (χ1v) is 7.57. The van der Waals surface area contributed by atoms with Crippen molar-refractivity contribution in [3.05, 3.63) is 48.0 Å². The summed E-state index contributed by atoms with van der Waals surface area (Å²) in [6.07, 6.45) is 1.01. The maximum Gasteiger partial charge on any atom is 0.224 e. The van der Waals surface area contributed by atoms with Gasteiger partial charge in [-0.05, 0) is 55.3 Å². The van der Waals surface area contributed by atoms with Crippen molar-refractivity contribution in [1.29, 1.82) is 0 Å². The fraction of sp³-hybridized carbons (Fsp3) is 0.278. The molecule has 0 fully saturated rings. The number of nitrogens with two attached hydrogens (primary N) is 1. The monoisotopic (exact) mass is 314 g/mol. The van der Waals surface area contributed by atoms with Gasteiger partial charge in [0.05, 0.1) is 19.4 Å². The van der Waals surface area contributed by atoms with E-state index in [0.29, 0.717) is 30.9 Å². The summed E-state index contributed by atoms with van der Waals surface area (Å²) < 4.78 is 10.5. The molecule has 5 heteroatoms. The SMILES string of the molecule is CCOc1ccc(CCC(=O)Nc2ccc(OC)cc2)cc1N.